The van der Waals surface area contributed by atoms with Gasteiger partial charge in [0.05, 0.1) is 11.5 Å². The predicted molar refractivity (Wildman–Crippen MR) is 61.3 cm³/mol. The van der Waals surface area contributed by atoms with E-state index in [0.29, 0.717) is 6.61 Å². The van der Waals surface area contributed by atoms with E-state index in [0.717, 1.165) is 12.8 Å². The molecular formula is C10H15N3O3. The molecule has 0 saturated carbocycles. The Kier molecular flexibility index (Phi) is 4.53. The molecule has 3 N–H and O–H groups in total. The average Bonchev–Trinajstić information content (AvgIpc) is 2.28. The number of hydrogen-bond donors (Lipinski definition) is 2. The Balaban J connectivity index is 2.93. The third-order valence-electron chi connectivity index (χ3n) is 2.09. The van der Waals surface area contributed by atoms with Gasteiger partial charge in [0.2, 0.25) is 0 Å². The monoisotopic (exact) mass is 225 g/mol. The Morgan fingerprint density at radius 3 is 2.88 bits per heavy atom. The summed E-state index contributed by atoms with van der Waals surface area (Å²) in [6.07, 6.45) is 1.83. The van der Waals surface area contributed by atoms with Crippen LogP contribution in [0.3, 0.4) is 0 Å². The van der Waals surface area contributed by atoms with Crippen LogP contribution >= 0.6 is 0 Å². The van der Waals surface area contributed by atoms with Crippen molar-refractivity contribution in [2.24, 2.45) is 5.84 Å². The normalized spacial score (nSPS) is 9.88. The second-order valence-corrected chi connectivity index (χ2v) is 3.26. The van der Waals surface area contributed by atoms with Gasteiger partial charge in [-0.3, -0.25) is 16.0 Å². The summed E-state index contributed by atoms with van der Waals surface area (Å²) in [5, 5.41) is 10.9. The number of nitrogens with one attached hydrogen (secondary N) is 1. The van der Waals surface area contributed by atoms with Crippen LogP contribution in [0.5, 0.6) is 5.75 Å². The maximum atomic E-state index is 10.9. The first kappa shape index (κ1) is 12.3. The van der Waals surface area contributed by atoms with Crippen molar-refractivity contribution in [2.45, 2.75) is 19.8 Å². The lowest BCUT2D eigenvalue weighted by atomic mass is 10.2. The average molecular weight is 225 g/mol. The molecule has 1 aromatic rings. The Bertz CT molecular complexity index is 368. The molecule has 6 nitrogen and oxygen atoms in total. The van der Waals surface area contributed by atoms with Crippen LogP contribution in [0.1, 0.15) is 19.8 Å². The van der Waals surface area contributed by atoms with E-state index in [-0.39, 0.29) is 17.1 Å². The smallest absolute Gasteiger partial charge is 0.335 e. The number of nitrogens with zero attached hydrogens (tertiary/aromatic N) is 1. The lowest BCUT2D eigenvalue weighted by molar-refractivity contribution is -0.385. The highest BCUT2D eigenvalue weighted by Crippen LogP contribution is 2.34. The number of nitrogen functional groups attached to an aromatic ring is 1. The highest BCUT2D eigenvalue weighted by Gasteiger charge is 2.20. The van der Waals surface area contributed by atoms with Crippen LogP contribution in [0.4, 0.5) is 11.4 Å². The minimum absolute atomic E-state index is 0.124. The summed E-state index contributed by atoms with van der Waals surface area (Å²) in [6, 6.07) is 4.75. The van der Waals surface area contributed by atoms with E-state index in [1.807, 2.05) is 6.92 Å². The first-order valence-corrected chi connectivity index (χ1v) is 5.07. The van der Waals surface area contributed by atoms with Crippen LogP contribution in [-0.2, 0) is 0 Å². The fourth-order valence-corrected chi connectivity index (χ4v) is 1.27. The molecule has 1 aromatic carbocycles. The molecule has 0 fully saturated rings. The van der Waals surface area contributed by atoms with E-state index in [9.17, 15) is 10.1 Å². The number of nitro benzene ring substituents is 1. The minimum Gasteiger partial charge on any atom is -0.487 e. The van der Waals surface area contributed by atoms with E-state index < -0.39 is 4.92 Å². The van der Waals surface area contributed by atoms with E-state index in [1.54, 1.807) is 12.1 Å². The van der Waals surface area contributed by atoms with Crippen molar-refractivity contribution in [1.29, 1.82) is 0 Å². The number of nitro groups is 1. The van der Waals surface area contributed by atoms with Gasteiger partial charge in [0.15, 0.2) is 5.75 Å². The van der Waals surface area contributed by atoms with Crippen molar-refractivity contribution < 1.29 is 9.66 Å². The summed E-state index contributed by atoms with van der Waals surface area (Å²) in [7, 11) is 0. The van der Waals surface area contributed by atoms with Crippen molar-refractivity contribution in [3.8, 4) is 5.75 Å². The number of hydrogen-bond acceptors (Lipinski definition) is 5. The van der Waals surface area contributed by atoms with Crippen molar-refractivity contribution in [3.63, 3.8) is 0 Å². The van der Waals surface area contributed by atoms with Gasteiger partial charge in [0, 0.05) is 0 Å². The van der Waals surface area contributed by atoms with Gasteiger partial charge in [-0.25, -0.2) is 0 Å². The zero-order valence-corrected chi connectivity index (χ0v) is 9.10. The first-order chi connectivity index (χ1) is 7.70. The molecule has 0 atom stereocenters. The highest BCUT2D eigenvalue weighted by atomic mass is 16.6. The second-order valence-electron chi connectivity index (χ2n) is 3.26. The largest absolute Gasteiger partial charge is 0.487 e. The molecular weight excluding hydrogens is 210 g/mol. The molecule has 0 radical (unpaired) electrons. The summed E-state index contributed by atoms with van der Waals surface area (Å²) >= 11 is 0. The van der Waals surface area contributed by atoms with Crippen LogP contribution in [0.15, 0.2) is 18.2 Å². The molecule has 0 aliphatic heterocycles. The van der Waals surface area contributed by atoms with Crippen LogP contribution < -0.4 is 16.0 Å². The van der Waals surface area contributed by atoms with Gasteiger partial charge in [-0.15, -0.1) is 0 Å². The second kappa shape index (κ2) is 5.92. The number of nitrogens with two attached hydrogens (primary N) is 1. The summed E-state index contributed by atoms with van der Waals surface area (Å²) in [4.78, 5) is 10.4. The molecule has 0 heterocycles. The Morgan fingerprint density at radius 2 is 2.31 bits per heavy atom. The molecule has 0 spiro atoms. The van der Waals surface area contributed by atoms with E-state index in [1.165, 1.54) is 6.07 Å². The van der Waals surface area contributed by atoms with Crippen LogP contribution in [0.2, 0.25) is 0 Å². The van der Waals surface area contributed by atoms with Gasteiger partial charge in [-0.2, -0.15) is 0 Å². The van der Waals surface area contributed by atoms with Crippen LogP contribution in [0.25, 0.3) is 0 Å². The Labute approximate surface area is 93.5 Å². The van der Waals surface area contributed by atoms with Crippen molar-refractivity contribution in [3.05, 3.63) is 28.3 Å². The van der Waals surface area contributed by atoms with Crippen molar-refractivity contribution in [2.75, 3.05) is 12.0 Å². The third kappa shape index (κ3) is 2.83. The summed E-state index contributed by atoms with van der Waals surface area (Å²) in [5.41, 5.74) is 2.41. The predicted octanol–water partition coefficient (Wildman–Crippen LogP) is 2.06. The topological polar surface area (TPSA) is 90.4 Å². The Morgan fingerprint density at radius 1 is 1.56 bits per heavy atom. The van der Waals surface area contributed by atoms with Crippen molar-refractivity contribution in [1.82, 2.24) is 0 Å². The van der Waals surface area contributed by atoms with Crippen LogP contribution in [-0.4, -0.2) is 11.5 Å². The number of hydrazine groups is 1. The summed E-state index contributed by atoms with van der Waals surface area (Å²) < 4.78 is 5.34. The molecule has 0 aliphatic rings. The molecule has 0 aliphatic carbocycles. The molecule has 1 rings (SSSR count). The number of rotatable bonds is 6. The fraction of sp³-hybridized carbons (Fsp3) is 0.400. The molecule has 6 heteroatoms. The van der Waals surface area contributed by atoms with E-state index >= 15 is 0 Å². The third-order valence-corrected chi connectivity index (χ3v) is 2.09. The van der Waals surface area contributed by atoms with Gasteiger partial charge in [-0.1, -0.05) is 19.4 Å². The molecule has 0 unspecified atom stereocenters. The van der Waals surface area contributed by atoms with Gasteiger partial charge < -0.3 is 10.2 Å². The molecule has 0 aromatic heterocycles. The van der Waals surface area contributed by atoms with Gasteiger partial charge >= 0.3 is 5.69 Å². The molecule has 16 heavy (non-hydrogen) atoms. The number of ether oxygens (including phenoxy) is 1. The quantitative estimate of drug-likeness (QED) is 0.334. The number of unbranched alkanes of at least 4 members (excludes halogenated alkanes) is 1. The highest BCUT2D eigenvalue weighted by molar-refractivity contribution is 5.67. The number of benzene rings is 1. The number of para-hydroxylation sites is 1. The maximum absolute atomic E-state index is 10.9. The van der Waals surface area contributed by atoms with Crippen molar-refractivity contribution >= 4 is 11.4 Å². The van der Waals surface area contributed by atoms with E-state index in [4.69, 9.17) is 10.6 Å². The molecule has 88 valence electrons. The SMILES string of the molecule is CCCCOc1cccc(NN)c1[N+](=O)[O-]. The lowest BCUT2D eigenvalue weighted by Gasteiger charge is -2.08. The standard InChI is InChI=1S/C10H15N3O3/c1-2-3-7-16-9-6-4-5-8(12-11)10(9)13(14)15/h4-6,12H,2-3,7,11H2,1H3. The molecule has 0 saturated heterocycles. The zero-order valence-electron chi connectivity index (χ0n) is 9.10. The molecule has 0 bridgehead atoms. The number of anilines is 1. The van der Waals surface area contributed by atoms with E-state index in [2.05, 4.69) is 5.43 Å². The van der Waals surface area contributed by atoms with Crippen LogP contribution in [0, 0.1) is 10.1 Å². The van der Waals surface area contributed by atoms with Gasteiger partial charge in [0.1, 0.15) is 5.69 Å². The lowest BCUT2D eigenvalue weighted by Crippen LogP contribution is -2.10. The van der Waals surface area contributed by atoms with Gasteiger partial charge in [-0.05, 0) is 18.6 Å². The zero-order chi connectivity index (χ0) is 12.0. The minimum atomic E-state index is -0.503. The fourth-order valence-electron chi connectivity index (χ4n) is 1.27. The molecule has 0 amide bonds. The maximum Gasteiger partial charge on any atom is 0.335 e. The first-order valence-electron chi connectivity index (χ1n) is 5.07. The Hall–Kier alpha value is -1.82. The summed E-state index contributed by atoms with van der Waals surface area (Å²) in [5.74, 6) is 5.45. The van der Waals surface area contributed by atoms with Gasteiger partial charge in [0.25, 0.3) is 0 Å². The summed E-state index contributed by atoms with van der Waals surface area (Å²) in [6.45, 7) is 2.49.